The van der Waals surface area contributed by atoms with Crippen LogP contribution in [0.2, 0.25) is 0 Å². The zero-order chi connectivity index (χ0) is 22.2. The van der Waals surface area contributed by atoms with Crippen molar-refractivity contribution in [1.82, 2.24) is 4.31 Å². The molecule has 1 fully saturated rings. The van der Waals surface area contributed by atoms with E-state index in [9.17, 15) is 13.2 Å². The Morgan fingerprint density at radius 3 is 2.61 bits per heavy atom. The standard InChI is InChI=1S/C22H26N2O6S/c1-14-15(2)30-21-17(14)5-4-6-18(21)22(25)23-16-7-8-19(28-3)20(13-16)31(26,27)24-9-11-29-12-10-24/h4-8,13-15H,9-12H2,1-3H3,(H,23,25). The molecule has 0 saturated carbocycles. The monoisotopic (exact) mass is 446 g/mol. The van der Waals surface area contributed by atoms with Crippen molar-refractivity contribution in [2.24, 2.45) is 0 Å². The van der Waals surface area contributed by atoms with Gasteiger partial charge in [-0.1, -0.05) is 19.1 Å². The second-order valence-corrected chi connectivity index (χ2v) is 9.58. The smallest absolute Gasteiger partial charge is 0.259 e. The Kier molecular flexibility index (Phi) is 5.92. The molecule has 2 atom stereocenters. The Hall–Kier alpha value is -2.62. The second kappa shape index (κ2) is 8.49. The minimum Gasteiger partial charge on any atom is -0.495 e. The first-order valence-electron chi connectivity index (χ1n) is 10.2. The highest BCUT2D eigenvalue weighted by atomic mass is 32.2. The maximum absolute atomic E-state index is 13.2. The van der Waals surface area contributed by atoms with Crippen LogP contribution in [0.4, 0.5) is 5.69 Å². The number of nitrogens with one attached hydrogen (secondary N) is 1. The number of rotatable bonds is 5. The predicted octanol–water partition coefficient (Wildman–Crippen LogP) is 2.85. The molecule has 1 N–H and O–H groups in total. The number of carbonyl (C=O) groups is 1. The summed E-state index contributed by atoms with van der Waals surface area (Å²) in [5.74, 6) is 0.623. The van der Waals surface area contributed by atoms with Gasteiger partial charge in [-0.05, 0) is 31.2 Å². The van der Waals surface area contributed by atoms with Crippen LogP contribution in [0.5, 0.6) is 11.5 Å². The number of para-hydroxylation sites is 1. The van der Waals surface area contributed by atoms with E-state index in [1.807, 2.05) is 19.1 Å². The summed E-state index contributed by atoms with van der Waals surface area (Å²) in [5.41, 5.74) is 1.77. The van der Waals surface area contributed by atoms with Crippen LogP contribution in [0.1, 0.15) is 35.7 Å². The van der Waals surface area contributed by atoms with E-state index in [2.05, 4.69) is 12.2 Å². The molecule has 31 heavy (non-hydrogen) atoms. The van der Waals surface area contributed by atoms with E-state index in [0.29, 0.717) is 30.2 Å². The SMILES string of the molecule is COc1ccc(NC(=O)c2cccc3c2OC(C)C3C)cc1S(=O)(=O)N1CCOCC1. The number of carbonyl (C=O) groups excluding carboxylic acids is 1. The van der Waals surface area contributed by atoms with Crippen LogP contribution in [0, 0.1) is 0 Å². The second-order valence-electron chi connectivity index (χ2n) is 7.67. The van der Waals surface area contributed by atoms with Gasteiger partial charge in [0, 0.05) is 30.3 Å². The number of hydrogen-bond acceptors (Lipinski definition) is 6. The average Bonchev–Trinajstić information content (AvgIpc) is 3.08. The maximum Gasteiger partial charge on any atom is 0.259 e. The molecule has 8 nitrogen and oxygen atoms in total. The van der Waals surface area contributed by atoms with Crippen molar-refractivity contribution in [2.75, 3.05) is 38.7 Å². The van der Waals surface area contributed by atoms with E-state index in [0.717, 1.165) is 5.56 Å². The molecule has 2 heterocycles. The molecule has 4 rings (SSSR count). The molecule has 0 bridgehead atoms. The zero-order valence-corrected chi connectivity index (χ0v) is 18.6. The summed E-state index contributed by atoms with van der Waals surface area (Å²) < 4.78 is 44.1. The van der Waals surface area contributed by atoms with Crippen molar-refractivity contribution in [3.63, 3.8) is 0 Å². The summed E-state index contributed by atoms with van der Waals surface area (Å²) >= 11 is 0. The number of nitrogens with zero attached hydrogens (tertiary/aromatic N) is 1. The number of sulfonamides is 1. The van der Waals surface area contributed by atoms with Gasteiger partial charge in [0.25, 0.3) is 5.91 Å². The fourth-order valence-electron chi connectivity index (χ4n) is 3.85. The summed E-state index contributed by atoms with van der Waals surface area (Å²) in [6, 6.07) is 10.1. The average molecular weight is 447 g/mol. The van der Waals surface area contributed by atoms with Crippen LogP contribution in [0.3, 0.4) is 0 Å². The third-order valence-corrected chi connectivity index (χ3v) is 7.72. The minimum absolute atomic E-state index is 0.00600. The maximum atomic E-state index is 13.2. The first-order chi connectivity index (χ1) is 14.8. The summed E-state index contributed by atoms with van der Waals surface area (Å²) in [6.07, 6.45) is -0.0183. The van der Waals surface area contributed by atoms with E-state index in [-0.39, 0.29) is 41.7 Å². The van der Waals surface area contributed by atoms with Crippen LogP contribution in [0.15, 0.2) is 41.3 Å². The van der Waals surface area contributed by atoms with E-state index in [1.165, 1.54) is 17.5 Å². The lowest BCUT2D eigenvalue weighted by Crippen LogP contribution is -2.40. The Bertz CT molecular complexity index is 1100. The molecule has 0 aromatic heterocycles. The van der Waals surface area contributed by atoms with Crippen molar-refractivity contribution < 1.29 is 27.4 Å². The van der Waals surface area contributed by atoms with Crippen molar-refractivity contribution in [2.45, 2.75) is 30.8 Å². The molecule has 1 amide bonds. The number of benzene rings is 2. The number of ether oxygens (including phenoxy) is 3. The molecule has 2 unspecified atom stereocenters. The summed E-state index contributed by atoms with van der Waals surface area (Å²) in [7, 11) is -2.38. The Labute approximate surface area is 182 Å². The molecule has 2 aromatic carbocycles. The fourth-order valence-corrected chi connectivity index (χ4v) is 5.43. The molecule has 0 aliphatic carbocycles. The van der Waals surface area contributed by atoms with Crippen molar-refractivity contribution in [3.8, 4) is 11.5 Å². The van der Waals surface area contributed by atoms with Gasteiger partial charge in [-0.2, -0.15) is 4.31 Å². The van der Waals surface area contributed by atoms with Gasteiger partial charge in [0.05, 0.1) is 25.9 Å². The van der Waals surface area contributed by atoms with Crippen LogP contribution in [0.25, 0.3) is 0 Å². The number of fused-ring (bicyclic) bond motifs is 1. The normalized spacial score (nSPS) is 21.3. The van der Waals surface area contributed by atoms with Crippen LogP contribution >= 0.6 is 0 Å². The highest BCUT2D eigenvalue weighted by molar-refractivity contribution is 7.89. The molecule has 0 radical (unpaired) electrons. The quantitative estimate of drug-likeness (QED) is 0.759. The molecule has 166 valence electrons. The van der Waals surface area contributed by atoms with Crippen molar-refractivity contribution in [3.05, 3.63) is 47.5 Å². The molecule has 1 saturated heterocycles. The number of methoxy groups -OCH3 is 1. The van der Waals surface area contributed by atoms with E-state index < -0.39 is 10.0 Å². The highest BCUT2D eigenvalue weighted by Gasteiger charge is 2.32. The molecule has 2 aromatic rings. The lowest BCUT2D eigenvalue weighted by atomic mass is 9.97. The zero-order valence-electron chi connectivity index (χ0n) is 17.8. The topological polar surface area (TPSA) is 94.2 Å². The van der Waals surface area contributed by atoms with Gasteiger partial charge in [0.1, 0.15) is 22.5 Å². The summed E-state index contributed by atoms with van der Waals surface area (Å²) in [4.78, 5) is 13.0. The first kappa shape index (κ1) is 21.6. The Morgan fingerprint density at radius 1 is 1.16 bits per heavy atom. The van der Waals surface area contributed by atoms with Crippen LogP contribution < -0.4 is 14.8 Å². The van der Waals surface area contributed by atoms with Crippen LogP contribution in [-0.4, -0.2) is 58.1 Å². The third kappa shape index (κ3) is 4.00. The fraction of sp³-hybridized carbons (Fsp3) is 0.409. The number of hydrogen-bond donors (Lipinski definition) is 1. The number of anilines is 1. The van der Waals surface area contributed by atoms with Crippen molar-refractivity contribution >= 4 is 21.6 Å². The van der Waals surface area contributed by atoms with E-state index in [4.69, 9.17) is 14.2 Å². The van der Waals surface area contributed by atoms with Crippen LogP contribution in [-0.2, 0) is 14.8 Å². The van der Waals surface area contributed by atoms with Gasteiger partial charge >= 0.3 is 0 Å². The lowest BCUT2D eigenvalue weighted by molar-refractivity contribution is 0.0729. The number of amides is 1. The van der Waals surface area contributed by atoms with E-state index in [1.54, 1.807) is 18.2 Å². The summed E-state index contributed by atoms with van der Waals surface area (Å²) in [6.45, 7) is 5.25. The molecule has 2 aliphatic rings. The number of morpholine rings is 1. The molecule has 0 spiro atoms. The Morgan fingerprint density at radius 2 is 1.90 bits per heavy atom. The molecule has 2 aliphatic heterocycles. The molecule has 9 heteroatoms. The highest BCUT2D eigenvalue weighted by Crippen LogP contribution is 2.40. The van der Waals surface area contributed by atoms with E-state index >= 15 is 0 Å². The van der Waals surface area contributed by atoms with Gasteiger partial charge in [0.2, 0.25) is 10.0 Å². The largest absolute Gasteiger partial charge is 0.495 e. The van der Waals surface area contributed by atoms with Gasteiger partial charge in [-0.3, -0.25) is 4.79 Å². The van der Waals surface area contributed by atoms with Gasteiger partial charge in [0.15, 0.2) is 0 Å². The molecular weight excluding hydrogens is 420 g/mol. The van der Waals surface area contributed by atoms with Gasteiger partial charge in [-0.25, -0.2) is 8.42 Å². The van der Waals surface area contributed by atoms with Gasteiger partial charge < -0.3 is 19.5 Å². The molecular formula is C22H26N2O6S. The minimum atomic E-state index is -3.80. The lowest BCUT2D eigenvalue weighted by Gasteiger charge is -2.26. The van der Waals surface area contributed by atoms with Crippen molar-refractivity contribution in [1.29, 1.82) is 0 Å². The first-order valence-corrected chi connectivity index (χ1v) is 11.6. The predicted molar refractivity (Wildman–Crippen MR) is 115 cm³/mol. The summed E-state index contributed by atoms with van der Waals surface area (Å²) in [5, 5.41) is 2.80. The van der Waals surface area contributed by atoms with Gasteiger partial charge in [-0.15, -0.1) is 0 Å². The third-order valence-electron chi connectivity index (χ3n) is 5.80. The Balaban J connectivity index is 1.64.